The van der Waals surface area contributed by atoms with E-state index in [9.17, 15) is 4.79 Å². The number of rotatable bonds is 2. The average molecular weight is 224 g/mol. The van der Waals surface area contributed by atoms with Gasteiger partial charge in [0.25, 0.3) is 0 Å². The number of aromatic nitrogens is 2. The first-order valence-corrected chi connectivity index (χ1v) is 5.13. The molecule has 0 aliphatic rings. The second-order valence-electron chi connectivity index (χ2n) is 3.59. The maximum Gasteiger partial charge on any atom is 0.229 e. The zero-order valence-corrected chi connectivity index (χ0v) is 8.83. The molecule has 0 saturated carbocycles. The fourth-order valence-electron chi connectivity index (χ4n) is 1.64. The molecular weight excluding hydrogens is 216 g/mol. The Morgan fingerprint density at radius 2 is 2.00 bits per heavy atom. The lowest BCUT2D eigenvalue weighted by atomic mass is 10.1. The molecule has 0 atom stereocenters. The molecule has 0 radical (unpaired) electrons. The molecule has 3 aromatic rings. The van der Waals surface area contributed by atoms with Crippen molar-refractivity contribution in [2.24, 2.45) is 0 Å². The van der Waals surface area contributed by atoms with Gasteiger partial charge in [-0.25, -0.2) is 0 Å². The van der Waals surface area contributed by atoms with Gasteiger partial charge in [0, 0.05) is 35.7 Å². The molecule has 82 valence electrons. The molecule has 0 unspecified atom stereocenters. The van der Waals surface area contributed by atoms with Gasteiger partial charge in [-0.05, 0) is 24.3 Å². The van der Waals surface area contributed by atoms with E-state index in [0.717, 1.165) is 5.39 Å². The van der Waals surface area contributed by atoms with Crippen LogP contribution in [0.1, 0.15) is 16.1 Å². The first-order valence-electron chi connectivity index (χ1n) is 5.13. The average Bonchev–Trinajstić information content (AvgIpc) is 2.82. The van der Waals surface area contributed by atoms with E-state index < -0.39 is 0 Å². The lowest BCUT2D eigenvalue weighted by Gasteiger charge is -1.94. The van der Waals surface area contributed by atoms with Crippen LogP contribution in [0.25, 0.3) is 11.0 Å². The molecule has 0 aromatic carbocycles. The highest BCUT2D eigenvalue weighted by Gasteiger charge is 2.14. The van der Waals surface area contributed by atoms with Crippen molar-refractivity contribution in [3.8, 4) is 0 Å². The Balaban J connectivity index is 2.07. The summed E-state index contributed by atoms with van der Waals surface area (Å²) >= 11 is 0. The van der Waals surface area contributed by atoms with Crippen LogP contribution in [0.15, 0.2) is 53.5 Å². The number of carbonyl (C=O) groups excluding carboxylic acids is 1. The predicted molar refractivity (Wildman–Crippen MR) is 61.7 cm³/mol. The number of ketones is 1. The normalized spacial score (nSPS) is 10.6. The van der Waals surface area contributed by atoms with Crippen molar-refractivity contribution in [1.82, 2.24) is 9.97 Å². The first kappa shape index (κ1) is 9.72. The summed E-state index contributed by atoms with van der Waals surface area (Å²) in [7, 11) is 0. The van der Waals surface area contributed by atoms with Gasteiger partial charge in [-0.3, -0.25) is 14.8 Å². The van der Waals surface area contributed by atoms with Crippen molar-refractivity contribution in [2.45, 2.75) is 0 Å². The number of pyridine rings is 2. The molecule has 0 spiro atoms. The van der Waals surface area contributed by atoms with Gasteiger partial charge in [-0.2, -0.15) is 0 Å². The minimum Gasteiger partial charge on any atom is -0.452 e. The highest BCUT2D eigenvalue weighted by Crippen LogP contribution is 2.19. The number of carbonyl (C=O) groups is 1. The van der Waals surface area contributed by atoms with Crippen molar-refractivity contribution < 1.29 is 9.21 Å². The molecule has 0 aliphatic carbocycles. The molecule has 3 rings (SSSR count). The number of nitrogens with zero attached hydrogens (tertiary/aromatic N) is 2. The van der Waals surface area contributed by atoms with Crippen LogP contribution in [0.3, 0.4) is 0 Å². The van der Waals surface area contributed by atoms with E-state index in [-0.39, 0.29) is 5.78 Å². The third-order valence-electron chi connectivity index (χ3n) is 2.46. The van der Waals surface area contributed by atoms with E-state index in [0.29, 0.717) is 16.9 Å². The summed E-state index contributed by atoms with van der Waals surface area (Å²) in [4.78, 5) is 19.9. The Labute approximate surface area is 96.9 Å². The molecule has 4 heteroatoms. The number of fused-ring (bicyclic) bond motifs is 1. The molecular formula is C13H8N2O2. The minimum absolute atomic E-state index is 0.172. The molecule has 0 aliphatic heterocycles. The second kappa shape index (κ2) is 3.83. The quantitative estimate of drug-likeness (QED) is 0.627. The van der Waals surface area contributed by atoms with Gasteiger partial charge in [0.15, 0.2) is 5.76 Å². The Hall–Kier alpha value is -2.49. The molecule has 0 fully saturated rings. The van der Waals surface area contributed by atoms with Crippen molar-refractivity contribution in [3.05, 3.63) is 60.4 Å². The Morgan fingerprint density at radius 1 is 1.12 bits per heavy atom. The summed E-state index contributed by atoms with van der Waals surface area (Å²) in [5.74, 6) is 0.135. The standard InChI is InChI=1S/C13H8N2O2/c16-13(9-2-1-4-14-7-9)12-6-10-8-15-5-3-11(10)17-12/h1-8H. The van der Waals surface area contributed by atoms with Crippen LogP contribution in [0.2, 0.25) is 0 Å². The summed E-state index contributed by atoms with van der Waals surface area (Å²) in [6.45, 7) is 0. The molecule has 0 amide bonds. The van der Waals surface area contributed by atoms with Crippen molar-refractivity contribution in [2.75, 3.05) is 0 Å². The van der Waals surface area contributed by atoms with Gasteiger partial charge >= 0.3 is 0 Å². The van der Waals surface area contributed by atoms with Crippen LogP contribution in [0.4, 0.5) is 0 Å². The SMILES string of the molecule is O=C(c1cccnc1)c1cc2cnccc2o1. The van der Waals surface area contributed by atoms with E-state index in [1.807, 2.05) is 0 Å². The number of hydrogen-bond donors (Lipinski definition) is 0. The minimum atomic E-state index is -0.172. The van der Waals surface area contributed by atoms with Crippen LogP contribution >= 0.6 is 0 Å². The van der Waals surface area contributed by atoms with E-state index in [4.69, 9.17) is 4.42 Å². The highest BCUT2D eigenvalue weighted by atomic mass is 16.3. The third-order valence-corrected chi connectivity index (χ3v) is 2.46. The number of hydrogen-bond acceptors (Lipinski definition) is 4. The Bertz CT molecular complexity index is 641. The molecule has 0 saturated heterocycles. The van der Waals surface area contributed by atoms with E-state index in [1.54, 1.807) is 42.9 Å². The lowest BCUT2D eigenvalue weighted by molar-refractivity contribution is 0.101. The predicted octanol–water partition coefficient (Wildman–Crippen LogP) is 2.45. The second-order valence-corrected chi connectivity index (χ2v) is 3.59. The largest absolute Gasteiger partial charge is 0.452 e. The maximum atomic E-state index is 12.1. The zero-order valence-electron chi connectivity index (χ0n) is 8.83. The van der Waals surface area contributed by atoms with Crippen LogP contribution in [-0.2, 0) is 0 Å². The van der Waals surface area contributed by atoms with E-state index in [2.05, 4.69) is 9.97 Å². The lowest BCUT2D eigenvalue weighted by Crippen LogP contribution is -1.99. The van der Waals surface area contributed by atoms with Crippen LogP contribution < -0.4 is 0 Å². The van der Waals surface area contributed by atoms with Crippen molar-refractivity contribution in [3.63, 3.8) is 0 Å². The molecule has 0 bridgehead atoms. The third kappa shape index (κ3) is 1.69. The van der Waals surface area contributed by atoms with Gasteiger partial charge in [0.05, 0.1) is 0 Å². The van der Waals surface area contributed by atoms with Crippen LogP contribution in [-0.4, -0.2) is 15.8 Å². The first-order chi connectivity index (χ1) is 8.34. The smallest absolute Gasteiger partial charge is 0.229 e. The monoisotopic (exact) mass is 224 g/mol. The van der Waals surface area contributed by atoms with Crippen LogP contribution in [0.5, 0.6) is 0 Å². The fourth-order valence-corrected chi connectivity index (χ4v) is 1.64. The summed E-state index contributed by atoms with van der Waals surface area (Å²) in [5, 5.41) is 0.819. The summed E-state index contributed by atoms with van der Waals surface area (Å²) < 4.78 is 5.47. The maximum absolute atomic E-state index is 12.1. The molecule has 3 heterocycles. The molecule has 17 heavy (non-hydrogen) atoms. The van der Waals surface area contributed by atoms with Gasteiger partial charge in [-0.15, -0.1) is 0 Å². The zero-order chi connectivity index (χ0) is 11.7. The van der Waals surface area contributed by atoms with Crippen molar-refractivity contribution in [1.29, 1.82) is 0 Å². The topological polar surface area (TPSA) is 56.0 Å². The molecule has 3 aromatic heterocycles. The van der Waals surface area contributed by atoms with Crippen molar-refractivity contribution >= 4 is 16.8 Å². The molecule has 4 nitrogen and oxygen atoms in total. The Morgan fingerprint density at radius 3 is 2.76 bits per heavy atom. The molecule has 0 N–H and O–H groups in total. The Kier molecular flexibility index (Phi) is 2.19. The summed E-state index contributed by atoms with van der Waals surface area (Å²) in [5.41, 5.74) is 1.17. The van der Waals surface area contributed by atoms with E-state index in [1.165, 1.54) is 6.20 Å². The van der Waals surface area contributed by atoms with E-state index >= 15 is 0 Å². The summed E-state index contributed by atoms with van der Waals surface area (Å²) in [6, 6.07) is 6.85. The number of furan rings is 1. The van der Waals surface area contributed by atoms with Crippen LogP contribution in [0, 0.1) is 0 Å². The van der Waals surface area contributed by atoms with Gasteiger partial charge in [0.1, 0.15) is 5.58 Å². The van der Waals surface area contributed by atoms with Gasteiger partial charge in [0.2, 0.25) is 5.78 Å². The highest BCUT2D eigenvalue weighted by molar-refractivity contribution is 6.08. The van der Waals surface area contributed by atoms with Gasteiger partial charge in [-0.1, -0.05) is 0 Å². The fraction of sp³-hybridized carbons (Fsp3) is 0. The van der Waals surface area contributed by atoms with Gasteiger partial charge < -0.3 is 4.42 Å². The summed E-state index contributed by atoms with van der Waals surface area (Å²) in [6.07, 6.45) is 6.44.